The monoisotopic (exact) mass is 468 g/mol. The van der Waals surface area contributed by atoms with E-state index in [4.69, 9.17) is 0 Å². The Balaban J connectivity index is 0.00000243. The van der Waals surface area contributed by atoms with Crippen molar-refractivity contribution >= 4 is 35.6 Å². The van der Waals surface area contributed by atoms with Crippen LogP contribution in [0.15, 0.2) is 53.7 Å². The van der Waals surface area contributed by atoms with Crippen LogP contribution in [0.4, 0.5) is 4.39 Å². The molecule has 0 saturated carbocycles. The Bertz CT molecular complexity index is 846. The molecule has 0 aliphatic rings. The van der Waals surface area contributed by atoms with Crippen molar-refractivity contribution in [2.24, 2.45) is 4.99 Å². The standard InChI is InChI=1S/C18H21FN6.HI/c1-20-18(22-13-14-7-9-15(19)10-8-14)21-11-4-6-17-24-23-16-5-2-3-12-25(16)17;/h2-3,5,7-10,12H,4,6,11,13H2,1H3,(H2,20,21,22);1H. The van der Waals surface area contributed by atoms with Gasteiger partial charge in [-0.3, -0.25) is 9.39 Å². The normalized spacial score (nSPS) is 11.2. The molecule has 8 heteroatoms. The number of aromatic nitrogens is 3. The third kappa shape index (κ3) is 5.38. The summed E-state index contributed by atoms with van der Waals surface area (Å²) in [6, 6.07) is 12.3. The molecule has 6 nitrogen and oxygen atoms in total. The molecule has 0 radical (unpaired) electrons. The van der Waals surface area contributed by atoms with Crippen molar-refractivity contribution < 1.29 is 4.39 Å². The second-order valence-electron chi connectivity index (χ2n) is 5.63. The van der Waals surface area contributed by atoms with Gasteiger partial charge in [0.15, 0.2) is 11.6 Å². The molecule has 0 aliphatic heterocycles. The second kappa shape index (κ2) is 10.0. The first kappa shape index (κ1) is 20.1. The molecule has 0 bridgehead atoms. The number of benzene rings is 1. The number of fused-ring (bicyclic) bond motifs is 1. The van der Waals surface area contributed by atoms with E-state index in [1.807, 2.05) is 28.8 Å². The quantitative estimate of drug-likeness (QED) is 0.253. The number of aliphatic imine (C=N–C) groups is 1. The number of hydrogen-bond acceptors (Lipinski definition) is 3. The van der Waals surface area contributed by atoms with Crippen molar-refractivity contribution in [1.82, 2.24) is 25.2 Å². The molecular formula is C18H22FIN6. The van der Waals surface area contributed by atoms with E-state index in [2.05, 4.69) is 25.8 Å². The first-order valence-corrected chi connectivity index (χ1v) is 8.24. The van der Waals surface area contributed by atoms with Gasteiger partial charge in [0.05, 0.1) is 0 Å². The van der Waals surface area contributed by atoms with Crippen molar-refractivity contribution in [2.75, 3.05) is 13.6 Å². The predicted molar refractivity (Wildman–Crippen MR) is 111 cm³/mol. The Labute approximate surface area is 169 Å². The molecule has 0 spiro atoms. The Morgan fingerprint density at radius 3 is 2.69 bits per heavy atom. The molecule has 2 aromatic heterocycles. The van der Waals surface area contributed by atoms with Crippen LogP contribution >= 0.6 is 24.0 Å². The molecule has 0 atom stereocenters. The van der Waals surface area contributed by atoms with E-state index in [1.165, 1.54) is 12.1 Å². The van der Waals surface area contributed by atoms with E-state index in [-0.39, 0.29) is 29.8 Å². The highest BCUT2D eigenvalue weighted by atomic mass is 127. The molecule has 26 heavy (non-hydrogen) atoms. The maximum atomic E-state index is 12.9. The highest BCUT2D eigenvalue weighted by molar-refractivity contribution is 14.0. The van der Waals surface area contributed by atoms with Gasteiger partial charge in [0.25, 0.3) is 0 Å². The molecule has 2 N–H and O–H groups in total. The third-order valence-corrected chi connectivity index (χ3v) is 3.85. The molecule has 0 saturated heterocycles. The summed E-state index contributed by atoms with van der Waals surface area (Å²) >= 11 is 0. The number of nitrogens with zero attached hydrogens (tertiary/aromatic N) is 4. The van der Waals surface area contributed by atoms with Crippen LogP contribution < -0.4 is 10.6 Å². The molecule has 1 aromatic carbocycles. The van der Waals surface area contributed by atoms with Gasteiger partial charge in [-0.25, -0.2) is 4.39 Å². The van der Waals surface area contributed by atoms with Gasteiger partial charge >= 0.3 is 0 Å². The van der Waals surface area contributed by atoms with Crippen molar-refractivity contribution in [2.45, 2.75) is 19.4 Å². The fraction of sp³-hybridized carbons (Fsp3) is 0.278. The van der Waals surface area contributed by atoms with E-state index in [0.717, 1.165) is 42.4 Å². The van der Waals surface area contributed by atoms with Crippen LogP contribution in [0.1, 0.15) is 17.8 Å². The van der Waals surface area contributed by atoms with Crippen molar-refractivity contribution in [3.8, 4) is 0 Å². The van der Waals surface area contributed by atoms with E-state index < -0.39 is 0 Å². The highest BCUT2D eigenvalue weighted by Gasteiger charge is 2.04. The molecule has 0 unspecified atom stereocenters. The minimum atomic E-state index is -0.229. The lowest BCUT2D eigenvalue weighted by Crippen LogP contribution is -2.37. The smallest absolute Gasteiger partial charge is 0.191 e. The number of hydrogen-bond donors (Lipinski definition) is 2. The zero-order chi connectivity index (χ0) is 17.5. The van der Waals surface area contributed by atoms with Gasteiger partial charge < -0.3 is 10.6 Å². The van der Waals surface area contributed by atoms with Crippen LogP contribution in [0.2, 0.25) is 0 Å². The van der Waals surface area contributed by atoms with Crippen molar-refractivity contribution in [3.05, 3.63) is 65.9 Å². The van der Waals surface area contributed by atoms with Crippen LogP contribution in [0.25, 0.3) is 5.65 Å². The summed E-state index contributed by atoms with van der Waals surface area (Å²) in [6.45, 7) is 1.36. The largest absolute Gasteiger partial charge is 0.356 e. The van der Waals surface area contributed by atoms with Gasteiger partial charge in [-0.05, 0) is 36.2 Å². The van der Waals surface area contributed by atoms with Gasteiger partial charge in [-0.15, -0.1) is 34.2 Å². The van der Waals surface area contributed by atoms with Crippen molar-refractivity contribution in [1.29, 1.82) is 0 Å². The van der Waals surface area contributed by atoms with Crippen LogP contribution in [0, 0.1) is 5.82 Å². The van der Waals surface area contributed by atoms with Crippen molar-refractivity contribution in [3.63, 3.8) is 0 Å². The maximum Gasteiger partial charge on any atom is 0.191 e. The minimum Gasteiger partial charge on any atom is -0.356 e. The number of nitrogens with one attached hydrogen (secondary N) is 2. The first-order valence-electron chi connectivity index (χ1n) is 8.24. The number of guanidine groups is 1. The first-order chi connectivity index (χ1) is 12.3. The number of aryl methyl sites for hydroxylation is 1. The number of rotatable bonds is 6. The summed E-state index contributed by atoms with van der Waals surface area (Å²) in [4.78, 5) is 4.19. The maximum absolute atomic E-state index is 12.9. The zero-order valence-corrected chi connectivity index (χ0v) is 16.9. The second-order valence-corrected chi connectivity index (χ2v) is 5.63. The Kier molecular flexibility index (Phi) is 7.76. The Hall–Kier alpha value is -2.23. The summed E-state index contributed by atoms with van der Waals surface area (Å²) in [5, 5.41) is 14.9. The van der Waals surface area contributed by atoms with E-state index in [0.29, 0.717) is 6.54 Å². The fourth-order valence-electron chi connectivity index (χ4n) is 2.52. The molecule has 0 aliphatic carbocycles. The topological polar surface area (TPSA) is 66.6 Å². The van der Waals surface area contributed by atoms with Gasteiger partial charge in [-0.2, -0.15) is 0 Å². The SMILES string of the molecule is CN=C(NCCCc1nnc2ccccn12)NCc1ccc(F)cc1.I. The Morgan fingerprint density at radius 2 is 1.92 bits per heavy atom. The average Bonchev–Trinajstić information content (AvgIpc) is 3.06. The number of pyridine rings is 1. The lowest BCUT2D eigenvalue weighted by molar-refractivity contribution is 0.626. The van der Waals surface area contributed by atoms with Crippen LogP contribution in [0.5, 0.6) is 0 Å². The lowest BCUT2D eigenvalue weighted by Gasteiger charge is -2.11. The van der Waals surface area contributed by atoms with Crippen LogP contribution in [0.3, 0.4) is 0 Å². The summed E-state index contributed by atoms with van der Waals surface area (Å²) in [5.74, 6) is 1.44. The Morgan fingerprint density at radius 1 is 1.12 bits per heavy atom. The van der Waals surface area contributed by atoms with E-state index in [9.17, 15) is 4.39 Å². The third-order valence-electron chi connectivity index (χ3n) is 3.85. The summed E-state index contributed by atoms with van der Waals surface area (Å²) in [7, 11) is 1.73. The molecular weight excluding hydrogens is 446 g/mol. The van der Waals surface area contributed by atoms with Gasteiger partial charge in [-0.1, -0.05) is 18.2 Å². The van der Waals surface area contributed by atoms with Gasteiger partial charge in [0.1, 0.15) is 11.6 Å². The van der Waals surface area contributed by atoms with Gasteiger partial charge in [0.2, 0.25) is 0 Å². The minimum absolute atomic E-state index is 0. The molecule has 3 aromatic rings. The lowest BCUT2D eigenvalue weighted by atomic mass is 10.2. The molecule has 0 amide bonds. The fourth-order valence-corrected chi connectivity index (χ4v) is 2.52. The molecule has 3 rings (SSSR count). The van der Waals surface area contributed by atoms with Crippen LogP contribution in [-0.2, 0) is 13.0 Å². The molecule has 0 fully saturated rings. The predicted octanol–water partition coefficient (Wildman–Crippen LogP) is 2.78. The summed E-state index contributed by atoms with van der Waals surface area (Å²) in [6.07, 6.45) is 3.71. The van der Waals surface area contributed by atoms with E-state index in [1.54, 1.807) is 19.2 Å². The molecule has 138 valence electrons. The number of halogens is 2. The molecule has 2 heterocycles. The van der Waals surface area contributed by atoms with E-state index >= 15 is 0 Å². The summed E-state index contributed by atoms with van der Waals surface area (Å²) in [5.41, 5.74) is 1.86. The highest BCUT2D eigenvalue weighted by Crippen LogP contribution is 2.05. The average molecular weight is 468 g/mol. The summed E-state index contributed by atoms with van der Waals surface area (Å²) < 4.78 is 14.9. The van der Waals surface area contributed by atoms with Gasteiger partial charge in [0, 0.05) is 32.8 Å². The zero-order valence-electron chi connectivity index (χ0n) is 14.5. The van der Waals surface area contributed by atoms with Crippen LogP contribution in [-0.4, -0.2) is 34.2 Å².